The number of fused-ring (bicyclic) bond motifs is 12. The Morgan fingerprint density at radius 2 is 0.464 bits per heavy atom. The van der Waals surface area contributed by atoms with Crippen LogP contribution in [0.1, 0.15) is 44.5 Å². The number of rotatable bonds is 9. The van der Waals surface area contributed by atoms with E-state index in [0.29, 0.717) is 5.56 Å². The molecule has 460 valence electrons. The number of hydrogen-bond acceptors (Lipinski definition) is 2. The fourth-order valence-corrected chi connectivity index (χ4v) is 15.9. The van der Waals surface area contributed by atoms with E-state index in [1.165, 1.54) is 82.0 Å². The summed E-state index contributed by atoms with van der Waals surface area (Å²) < 4.78 is 9.58. The molecule has 0 amide bonds. The Balaban J connectivity index is 0.937. The molecule has 0 aliphatic rings. The summed E-state index contributed by atoms with van der Waals surface area (Å²) in [6, 6.07) is 99.6. The predicted molar refractivity (Wildman–Crippen MR) is 407 cm³/mol. The van der Waals surface area contributed by atoms with Crippen molar-refractivity contribution in [2.75, 3.05) is 0 Å². The molecule has 0 atom stereocenters. The molecule has 6 heteroatoms. The van der Waals surface area contributed by atoms with E-state index >= 15 is 0 Å². The monoisotopic (exact) mass is 1240 g/mol. The van der Waals surface area contributed by atoms with Gasteiger partial charge >= 0.3 is 0 Å². The van der Waals surface area contributed by atoms with Gasteiger partial charge in [0.25, 0.3) is 0 Å². The fourth-order valence-electron chi connectivity index (χ4n) is 15.9. The predicted octanol–water partition coefficient (Wildman–Crippen LogP) is 23.8. The zero-order valence-electron chi connectivity index (χ0n) is 55.2. The number of nitrogens with zero attached hydrogens (tertiary/aromatic N) is 6. The summed E-state index contributed by atoms with van der Waals surface area (Å²) in [5.74, 6) is 0. The zero-order valence-corrected chi connectivity index (χ0v) is 55.2. The second kappa shape index (κ2) is 22.2. The first-order chi connectivity index (χ1) is 47.4. The van der Waals surface area contributed by atoms with Crippen molar-refractivity contribution in [3.05, 3.63) is 318 Å². The highest BCUT2D eigenvalue weighted by molar-refractivity contribution is 6.15. The van der Waals surface area contributed by atoms with Crippen molar-refractivity contribution in [1.82, 2.24) is 23.3 Å². The number of hydrogen-bond donors (Lipinski definition) is 0. The van der Waals surface area contributed by atoms with Crippen LogP contribution < -0.4 is 0 Å². The molecule has 5 heterocycles. The molecule has 97 heavy (non-hydrogen) atoms. The highest BCUT2D eigenvalue weighted by Gasteiger charge is 2.30. The van der Waals surface area contributed by atoms with Gasteiger partial charge in [-0.1, -0.05) is 148 Å². The minimum Gasteiger partial charge on any atom is -0.309 e. The topological polar surface area (TPSA) is 56.4 Å². The number of aryl methyl sites for hydroxylation is 7. The number of para-hydroxylation sites is 1. The summed E-state index contributed by atoms with van der Waals surface area (Å²) in [6.45, 7) is 15.2. The Hall–Kier alpha value is -12.3. The summed E-state index contributed by atoms with van der Waals surface area (Å²) in [5.41, 5.74) is 31.9. The van der Waals surface area contributed by atoms with Crippen molar-refractivity contribution in [2.45, 2.75) is 48.5 Å². The van der Waals surface area contributed by atoms with Gasteiger partial charge in [0.2, 0.25) is 0 Å². The molecule has 0 aliphatic heterocycles. The van der Waals surface area contributed by atoms with E-state index in [0.717, 1.165) is 123 Å². The fraction of sp³-hybridized carbons (Fsp3) is 0.0769. The van der Waals surface area contributed by atoms with Crippen LogP contribution in [0, 0.1) is 59.8 Å². The summed E-state index contributed by atoms with van der Waals surface area (Å²) in [4.78, 5) is 4.61. The summed E-state index contributed by atoms with van der Waals surface area (Å²) in [5, 5.41) is 22.3. The third-order valence-corrected chi connectivity index (χ3v) is 20.3. The highest BCUT2D eigenvalue weighted by Crippen LogP contribution is 2.54. The second-order valence-corrected chi connectivity index (χ2v) is 26.8. The van der Waals surface area contributed by atoms with Crippen molar-refractivity contribution in [2.24, 2.45) is 0 Å². The molecule has 0 radical (unpaired) electrons. The SMILES string of the molecule is Cc1ccc2c(c1)c1ccccc1n2-c1ccc(-c2c(-c3ccc(-n4c5ccc(C)cc5c5cc(C)ccc54)cc3)c(-c3ccncc3)c(C#N)c(-c3ccc(-n4c5ccc(C)cc5c5cc(C)ccc54)cc3)c2-c2ccc(-n3c4ccc(C)cc4c4cc(C)ccc43)cc2)cc1. The molecule has 0 N–H and O–H groups in total. The zero-order chi connectivity index (χ0) is 65.5. The Morgan fingerprint density at radius 3 is 0.742 bits per heavy atom. The minimum absolute atomic E-state index is 0.571. The molecule has 0 saturated heterocycles. The number of nitriles is 1. The Morgan fingerprint density at radius 1 is 0.237 bits per heavy atom. The Kier molecular flexibility index (Phi) is 13.1. The molecular formula is C91H66N6. The van der Waals surface area contributed by atoms with Gasteiger partial charge in [-0.3, -0.25) is 4.98 Å². The average molecular weight is 1240 g/mol. The molecule has 0 fully saturated rings. The van der Waals surface area contributed by atoms with E-state index in [1.54, 1.807) is 0 Å². The van der Waals surface area contributed by atoms with Crippen LogP contribution in [0.15, 0.2) is 273 Å². The lowest BCUT2D eigenvalue weighted by Gasteiger charge is -2.26. The molecule has 18 rings (SSSR count). The molecule has 13 aromatic carbocycles. The normalized spacial score (nSPS) is 11.9. The lowest BCUT2D eigenvalue weighted by atomic mass is 9.76. The summed E-state index contributed by atoms with van der Waals surface area (Å²) in [7, 11) is 0. The first kappa shape index (κ1) is 57.4. The molecule has 0 unspecified atom stereocenters. The molecular weight excluding hydrogens is 1180 g/mol. The lowest BCUT2D eigenvalue weighted by Crippen LogP contribution is -2.03. The number of benzene rings is 13. The van der Waals surface area contributed by atoms with E-state index in [2.05, 4.69) is 339 Å². The van der Waals surface area contributed by atoms with Crippen LogP contribution in [-0.4, -0.2) is 23.3 Å². The molecule has 0 bridgehead atoms. The minimum atomic E-state index is 0.571. The summed E-state index contributed by atoms with van der Waals surface area (Å²) in [6.07, 6.45) is 3.70. The lowest BCUT2D eigenvalue weighted by molar-refractivity contribution is 1.18. The number of aromatic nitrogens is 5. The van der Waals surface area contributed by atoms with Gasteiger partial charge in [0.15, 0.2) is 0 Å². The largest absolute Gasteiger partial charge is 0.309 e. The van der Waals surface area contributed by atoms with Crippen LogP contribution >= 0.6 is 0 Å². The van der Waals surface area contributed by atoms with Gasteiger partial charge in [0.1, 0.15) is 6.07 Å². The molecule has 0 spiro atoms. The van der Waals surface area contributed by atoms with E-state index in [4.69, 9.17) is 0 Å². The average Bonchev–Trinajstić information content (AvgIpc) is 1.69. The van der Waals surface area contributed by atoms with Crippen molar-refractivity contribution < 1.29 is 0 Å². The van der Waals surface area contributed by atoms with Crippen molar-refractivity contribution in [3.8, 4) is 84.5 Å². The molecule has 0 saturated carbocycles. The molecule has 6 nitrogen and oxygen atoms in total. The van der Waals surface area contributed by atoms with Crippen LogP contribution in [0.5, 0.6) is 0 Å². The summed E-state index contributed by atoms with van der Waals surface area (Å²) >= 11 is 0. The van der Waals surface area contributed by atoms with Crippen LogP contribution in [0.4, 0.5) is 0 Å². The van der Waals surface area contributed by atoms with Gasteiger partial charge in [0, 0.05) is 89.4 Å². The van der Waals surface area contributed by atoms with Crippen molar-refractivity contribution in [1.29, 1.82) is 5.26 Å². The molecule has 18 aromatic rings. The maximum atomic E-state index is 12.5. The Labute approximate surface area is 563 Å². The van der Waals surface area contributed by atoms with Gasteiger partial charge in [-0.2, -0.15) is 5.26 Å². The quantitative estimate of drug-likeness (QED) is 0.145. The highest BCUT2D eigenvalue weighted by atomic mass is 15.0. The molecule has 0 aliphatic carbocycles. The third kappa shape index (κ3) is 9.11. The van der Waals surface area contributed by atoms with Gasteiger partial charge in [-0.15, -0.1) is 0 Å². The molecule has 5 aromatic heterocycles. The van der Waals surface area contributed by atoms with E-state index in [1.807, 2.05) is 12.4 Å². The van der Waals surface area contributed by atoms with E-state index in [-0.39, 0.29) is 0 Å². The van der Waals surface area contributed by atoms with Gasteiger partial charge in [-0.25, -0.2) is 0 Å². The standard InChI is InChI=1S/C91H66N6/c1-54-12-35-80-71(46-54)70-10-8-9-11-79(70)94(80)66-33-25-64(26-34-66)91-89(62-21-29-68(30-22-62)96-83-38-15-57(4)49-74(83)75-50-58(5)16-39-84(75)96)87(61-19-27-67(28-20-61)95-81-36-13-55(2)47-72(81)73-48-56(3)14-37-82(73)95)78(53-92)88(65-42-44-93-45-43-65)90(91)63-23-31-69(32-24-63)97-85-40-17-59(6)51-76(85)77-52-60(7)18-41-86(77)97/h8-52H,1-7H3. The first-order valence-corrected chi connectivity index (χ1v) is 33.4. The smallest absolute Gasteiger partial charge is 0.100 e. The van der Waals surface area contributed by atoms with Gasteiger partial charge in [-0.05, 0) is 245 Å². The maximum absolute atomic E-state index is 12.5. The van der Waals surface area contributed by atoms with Gasteiger partial charge in [0.05, 0.1) is 49.7 Å². The number of pyridine rings is 1. The third-order valence-electron chi connectivity index (χ3n) is 20.3. The van der Waals surface area contributed by atoms with Crippen molar-refractivity contribution in [3.63, 3.8) is 0 Å². The van der Waals surface area contributed by atoms with Gasteiger partial charge < -0.3 is 18.3 Å². The van der Waals surface area contributed by atoms with Crippen molar-refractivity contribution >= 4 is 87.2 Å². The Bertz CT molecular complexity index is 6170. The van der Waals surface area contributed by atoms with Crippen LogP contribution in [-0.2, 0) is 0 Å². The van der Waals surface area contributed by atoms with Crippen LogP contribution in [0.3, 0.4) is 0 Å². The second-order valence-electron chi connectivity index (χ2n) is 26.8. The maximum Gasteiger partial charge on any atom is 0.100 e. The first-order valence-electron chi connectivity index (χ1n) is 33.4. The van der Waals surface area contributed by atoms with E-state index in [9.17, 15) is 5.26 Å². The van der Waals surface area contributed by atoms with Crippen LogP contribution in [0.25, 0.3) is 166 Å². The van der Waals surface area contributed by atoms with Crippen LogP contribution in [0.2, 0.25) is 0 Å². The van der Waals surface area contributed by atoms with E-state index < -0.39 is 0 Å².